The minimum absolute atomic E-state index is 0.424. The van der Waals surface area contributed by atoms with E-state index in [0.29, 0.717) is 24.2 Å². The molecule has 0 aromatic heterocycles. The predicted molar refractivity (Wildman–Crippen MR) is 115 cm³/mol. The zero-order valence-electron chi connectivity index (χ0n) is 16.3. The summed E-state index contributed by atoms with van der Waals surface area (Å²) in [4.78, 5) is 0. The molecule has 2 N–H and O–H groups in total. The van der Waals surface area contributed by atoms with E-state index >= 15 is 0 Å². The molecule has 0 atom stereocenters. The molecular formula is C21H27N3O2S. The maximum atomic E-state index is 5.94. The van der Waals surface area contributed by atoms with E-state index in [-0.39, 0.29) is 0 Å². The first-order valence-corrected chi connectivity index (χ1v) is 9.37. The number of thiocarbonyl (C=S) groups is 1. The number of hydrogen-bond acceptors (Lipinski definition) is 4. The van der Waals surface area contributed by atoms with Gasteiger partial charge < -0.3 is 14.8 Å². The SMILES string of the molecule is CNC(=S)N/N=C\c1ccc(OCCOc2cc(C)ccc2C(C)C)cc1. The summed E-state index contributed by atoms with van der Waals surface area (Å²) in [5, 5.41) is 7.30. The quantitative estimate of drug-likeness (QED) is 0.311. The van der Waals surface area contributed by atoms with E-state index in [1.54, 1.807) is 13.3 Å². The number of ether oxygens (including phenoxy) is 2. The monoisotopic (exact) mass is 385 g/mol. The molecule has 2 aromatic rings. The van der Waals surface area contributed by atoms with Crippen molar-refractivity contribution in [3.63, 3.8) is 0 Å². The number of hydrogen-bond donors (Lipinski definition) is 2. The van der Waals surface area contributed by atoms with E-state index in [1.165, 1.54) is 11.1 Å². The van der Waals surface area contributed by atoms with Gasteiger partial charge >= 0.3 is 0 Å². The Labute approximate surface area is 166 Å². The molecule has 0 amide bonds. The highest BCUT2D eigenvalue weighted by Crippen LogP contribution is 2.27. The summed E-state index contributed by atoms with van der Waals surface area (Å²) in [6, 6.07) is 14.0. The molecule has 27 heavy (non-hydrogen) atoms. The molecule has 0 unspecified atom stereocenters. The molecule has 0 aliphatic carbocycles. The Bertz CT molecular complexity index is 773. The van der Waals surface area contributed by atoms with Crippen LogP contribution in [0.15, 0.2) is 47.6 Å². The standard InChI is InChI=1S/C21H27N3O2S/c1-15(2)19-10-5-16(3)13-20(19)26-12-11-25-18-8-6-17(7-9-18)14-23-24-21(27)22-4/h5-10,13-15H,11-12H2,1-4H3,(H2,22,24,27)/b23-14-. The van der Waals surface area contributed by atoms with Crippen LogP contribution in [0.4, 0.5) is 0 Å². The van der Waals surface area contributed by atoms with Gasteiger partial charge in [-0.1, -0.05) is 26.0 Å². The van der Waals surface area contributed by atoms with E-state index in [4.69, 9.17) is 21.7 Å². The maximum absolute atomic E-state index is 5.94. The van der Waals surface area contributed by atoms with E-state index in [2.05, 4.69) is 54.8 Å². The Hall–Kier alpha value is -2.60. The second-order valence-electron chi connectivity index (χ2n) is 6.41. The van der Waals surface area contributed by atoms with E-state index in [1.807, 2.05) is 24.3 Å². The molecule has 0 spiro atoms. The number of rotatable bonds is 8. The van der Waals surface area contributed by atoms with Gasteiger partial charge in [0.15, 0.2) is 5.11 Å². The van der Waals surface area contributed by atoms with Crippen LogP contribution in [-0.4, -0.2) is 31.6 Å². The third-order valence-corrected chi connectivity index (χ3v) is 4.18. The number of nitrogens with one attached hydrogen (secondary N) is 2. The van der Waals surface area contributed by atoms with Crippen LogP contribution in [0.3, 0.4) is 0 Å². The van der Waals surface area contributed by atoms with Gasteiger partial charge in [0, 0.05) is 7.05 Å². The zero-order valence-corrected chi connectivity index (χ0v) is 17.1. The number of aryl methyl sites for hydroxylation is 1. The van der Waals surface area contributed by atoms with Crippen molar-refractivity contribution in [1.29, 1.82) is 0 Å². The van der Waals surface area contributed by atoms with E-state index in [9.17, 15) is 0 Å². The summed E-state index contributed by atoms with van der Waals surface area (Å²) < 4.78 is 11.7. The zero-order chi connectivity index (χ0) is 19.6. The van der Waals surface area contributed by atoms with Crippen LogP contribution in [-0.2, 0) is 0 Å². The van der Waals surface area contributed by atoms with Gasteiger partial charge in [0.1, 0.15) is 24.7 Å². The van der Waals surface area contributed by atoms with Crippen LogP contribution >= 0.6 is 12.2 Å². The molecule has 0 bridgehead atoms. The molecule has 0 saturated carbocycles. The fourth-order valence-electron chi connectivity index (χ4n) is 2.43. The first kappa shape index (κ1) is 20.7. The number of nitrogens with zero attached hydrogens (tertiary/aromatic N) is 1. The van der Waals surface area contributed by atoms with Crippen LogP contribution in [0.2, 0.25) is 0 Å². The van der Waals surface area contributed by atoms with Crippen molar-refractivity contribution in [2.75, 3.05) is 20.3 Å². The van der Waals surface area contributed by atoms with Crippen molar-refractivity contribution in [1.82, 2.24) is 10.7 Å². The first-order valence-electron chi connectivity index (χ1n) is 8.96. The van der Waals surface area contributed by atoms with Crippen molar-refractivity contribution in [2.45, 2.75) is 26.7 Å². The Balaban J connectivity index is 1.81. The van der Waals surface area contributed by atoms with Gasteiger partial charge in [-0.25, -0.2) is 0 Å². The summed E-state index contributed by atoms with van der Waals surface area (Å²) in [6.45, 7) is 7.39. The van der Waals surface area contributed by atoms with Gasteiger partial charge in [-0.05, 0) is 72.1 Å². The lowest BCUT2D eigenvalue weighted by Crippen LogP contribution is -2.28. The summed E-state index contributed by atoms with van der Waals surface area (Å²) in [5.41, 5.74) is 6.07. The Kier molecular flexibility index (Phi) is 8.07. The van der Waals surface area contributed by atoms with Crippen molar-refractivity contribution in [3.8, 4) is 11.5 Å². The van der Waals surface area contributed by atoms with Crippen molar-refractivity contribution < 1.29 is 9.47 Å². The third-order valence-electron chi connectivity index (χ3n) is 3.89. The second kappa shape index (κ2) is 10.5. The fraction of sp³-hybridized carbons (Fsp3) is 0.333. The number of benzene rings is 2. The fourth-order valence-corrected chi connectivity index (χ4v) is 2.48. The van der Waals surface area contributed by atoms with Crippen molar-refractivity contribution in [3.05, 3.63) is 59.2 Å². The lowest BCUT2D eigenvalue weighted by Gasteiger charge is -2.15. The lowest BCUT2D eigenvalue weighted by molar-refractivity contribution is 0.215. The average Bonchev–Trinajstić information content (AvgIpc) is 2.66. The van der Waals surface area contributed by atoms with Crippen molar-refractivity contribution in [2.24, 2.45) is 5.10 Å². The Morgan fingerprint density at radius 2 is 1.81 bits per heavy atom. The molecule has 144 valence electrons. The topological polar surface area (TPSA) is 54.9 Å². The Morgan fingerprint density at radius 3 is 2.48 bits per heavy atom. The van der Waals surface area contributed by atoms with Crippen LogP contribution in [0.25, 0.3) is 0 Å². The Morgan fingerprint density at radius 1 is 1.11 bits per heavy atom. The molecule has 2 rings (SSSR count). The van der Waals surface area contributed by atoms with Gasteiger partial charge in [0.25, 0.3) is 0 Å². The van der Waals surface area contributed by atoms with Crippen LogP contribution in [0, 0.1) is 6.92 Å². The summed E-state index contributed by atoms with van der Waals surface area (Å²) in [6.07, 6.45) is 1.70. The molecule has 0 aliphatic rings. The van der Waals surface area contributed by atoms with Crippen molar-refractivity contribution >= 4 is 23.5 Å². The first-order chi connectivity index (χ1) is 13.0. The lowest BCUT2D eigenvalue weighted by atomic mass is 10.0. The normalized spacial score (nSPS) is 10.9. The van der Waals surface area contributed by atoms with E-state index < -0.39 is 0 Å². The predicted octanol–water partition coefficient (Wildman–Crippen LogP) is 4.00. The highest BCUT2D eigenvalue weighted by atomic mass is 32.1. The molecule has 0 saturated heterocycles. The summed E-state index contributed by atoms with van der Waals surface area (Å²) >= 11 is 4.95. The minimum Gasteiger partial charge on any atom is -0.490 e. The molecule has 0 radical (unpaired) electrons. The minimum atomic E-state index is 0.424. The largest absolute Gasteiger partial charge is 0.490 e. The van der Waals surface area contributed by atoms with Gasteiger partial charge in [0.2, 0.25) is 0 Å². The highest BCUT2D eigenvalue weighted by Gasteiger charge is 2.08. The molecule has 0 fully saturated rings. The van der Waals surface area contributed by atoms with Crippen LogP contribution in [0.5, 0.6) is 11.5 Å². The smallest absolute Gasteiger partial charge is 0.186 e. The molecule has 6 heteroatoms. The molecule has 0 aliphatic heterocycles. The molecule has 0 heterocycles. The maximum Gasteiger partial charge on any atom is 0.186 e. The summed E-state index contributed by atoms with van der Waals surface area (Å²) in [5.74, 6) is 2.16. The van der Waals surface area contributed by atoms with Crippen LogP contribution < -0.4 is 20.2 Å². The average molecular weight is 386 g/mol. The third kappa shape index (κ3) is 6.90. The second-order valence-corrected chi connectivity index (χ2v) is 6.82. The van der Waals surface area contributed by atoms with Crippen LogP contribution in [0.1, 0.15) is 36.5 Å². The highest BCUT2D eigenvalue weighted by molar-refractivity contribution is 7.80. The van der Waals surface area contributed by atoms with Gasteiger partial charge in [-0.15, -0.1) is 0 Å². The van der Waals surface area contributed by atoms with Gasteiger partial charge in [0.05, 0.1) is 6.21 Å². The molecule has 5 nitrogen and oxygen atoms in total. The molecule has 2 aromatic carbocycles. The van der Waals surface area contributed by atoms with Gasteiger partial charge in [-0.3, -0.25) is 5.43 Å². The number of hydrazone groups is 1. The molecular weight excluding hydrogens is 358 g/mol. The van der Waals surface area contributed by atoms with E-state index in [0.717, 1.165) is 17.1 Å². The summed E-state index contributed by atoms with van der Waals surface area (Å²) in [7, 11) is 1.74. The van der Waals surface area contributed by atoms with Gasteiger partial charge in [-0.2, -0.15) is 5.10 Å².